The third-order valence-electron chi connectivity index (χ3n) is 6.18. The molecule has 2 heterocycles. The number of imidazole rings is 1. The standard InChI is InChI=1S/C28H23N3/c1-3-19-10-14-24-22(16-19)23-17-20(11-15-25(23)29-24)28-30-26-6-4-5-7-27(26)31(28)21-12-8-18(2)9-13-21/h4-17,29H,3H2,1-2H3. The highest BCUT2D eigenvalue weighted by atomic mass is 15.1. The molecular formula is C28H23N3. The lowest BCUT2D eigenvalue weighted by Gasteiger charge is -2.10. The van der Waals surface area contributed by atoms with Crippen LogP contribution in [0.3, 0.4) is 0 Å². The Kier molecular flexibility index (Phi) is 3.97. The smallest absolute Gasteiger partial charge is 0.145 e. The highest BCUT2D eigenvalue weighted by Crippen LogP contribution is 2.33. The molecule has 6 rings (SSSR count). The fourth-order valence-electron chi connectivity index (χ4n) is 4.48. The van der Waals surface area contributed by atoms with Gasteiger partial charge in [-0.1, -0.05) is 42.8 Å². The summed E-state index contributed by atoms with van der Waals surface area (Å²) < 4.78 is 2.27. The van der Waals surface area contributed by atoms with Crippen molar-refractivity contribution in [2.45, 2.75) is 20.3 Å². The first-order valence-corrected chi connectivity index (χ1v) is 10.8. The molecule has 0 unspecified atom stereocenters. The van der Waals surface area contributed by atoms with Gasteiger partial charge in [-0.2, -0.15) is 0 Å². The van der Waals surface area contributed by atoms with Gasteiger partial charge in [0.1, 0.15) is 5.82 Å². The first kappa shape index (κ1) is 18.0. The van der Waals surface area contributed by atoms with Crippen LogP contribution in [0.2, 0.25) is 0 Å². The van der Waals surface area contributed by atoms with Gasteiger partial charge >= 0.3 is 0 Å². The molecule has 0 atom stereocenters. The Morgan fingerprint density at radius 2 is 1.55 bits per heavy atom. The van der Waals surface area contributed by atoms with E-state index in [0.717, 1.165) is 40.0 Å². The summed E-state index contributed by atoms with van der Waals surface area (Å²) in [4.78, 5) is 8.60. The van der Waals surface area contributed by atoms with Crippen molar-refractivity contribution in [3.8, 4) is 17.1 Å². The van der Waals surface area contributed by atoms with Crippen LogP contribution in [0.1, 0.15) is 18.1 Å². The van der Waals surface area contributed by atoms with E-state index >= 15 is 0 Å². The van der Waals surface area contributed by atoms with Crippen molar-refractivity contribution in [3.63, 3.8) is 0 Å². The minimum atomic E-state index is 0.966. The Bertz CT molecular complexity index is 1570. The number of benzene rings is 4. The molecule has 3 nitrogen and oxygen atoms in total. The molecule has 0 radical (unpaired) electrons. The normalized spacial score (nSPS) is 11.7. The number of nitrogens with zero attached hydrogens (tertiary/aromatic N) is 2. The van der Waals surface area contributed by atoms with Gasteiger partial charge in [0.2, 0.25) is 0 Å². The van der Waals surface area contributed by atoms with Gasteiger partial charge < -0.3 is 4.98 Å². The molecule has 0 aliphatic carbocycles. The number of H-pyrrole nitrogens is 1. The summed E-state index contributed by atoms with van der Waals surface area (Å²) in [7, 11) is 0. The van der Waals surface area contributed by atoms with Crippen molar-refractivity contribution < 1.29 is 0 Å². The first-order chi connectivity index (χ1) is 15.2. The second-order valence-electron chi connectivity index (χ2n) is 8.21. The van der Waals surface area contributed by atoms with Crippen LogP contribution >= 0.6 is 0 Å². The summed E-state index contributed by atoms with van der Waals surface area (Å²) in [6.07, 6.45) is 1.03. The van der Waals surface area contributed by atoms with Crippen molar-refractivity contribution in [1.82, 2.24) is 14.5 Å². The van der Waals surface area contributed by atoms with E-state index in [1.807, 2.05) is 6.07 Å². The summed E-state index contributed by atoms with van der Waals surface area (Å²) in [5.74, 6) is 0.966. The van der Waals surface area contributed by atoms with Crippen molar-refractivity contribution in [3.05, 3.63) is 96.1 Å². The van der Waals surface area contributed by atoms with Crippen molar-refractivity contribution in [2.75, 3.05) is 0 Å². The molecule has 0 aliphatic rings. The maximum Gasteiger partial charge on any atom is 0.145 e. The van der Waals surface area contributed by atoms with Crippen molar-refractivity contribution in [1.29, 1.82) is 0 Å². The third kappa shape index (κ3) is 2.85. The third-order valence-corrected chi connectivity index (χ3v) is 6.18. The van der Waals surface area contributed by atoms with Crippen LogP contribution in [0.15, 0.2) is 84.9 Å². The SMILES string of the molecule is CCc1ccc2[nH]c3ccc(-c4nc5ccccc5n4-c4ccc(C)cc4)cc3c2c1. The Morgan fingerprint density at radius 3 is 2.35 bits per heavy atom. The Labute approximate surface area is 181 Å². The second kappa shape index (κ2) is 6.85. The summed E-state index contributed by atoms with van der Waals surface area (Å²) in [5, 5.41) is 2.51. The minimum Gasteiger partial charge on any atom is -0.355 e. The van der Waals surface area contributed by atoms with Crippen LogP contribution in [0, 0.1) is 6.92 Å². The lowest BCUT2D eigenvalue weighted by atomic mass is 10.1. The van der Waals surface area contributed by atoms with E-state index in [1.165, 1.54) is 27.4 Å². The van der Waals surface area contributed by atoms with Gasteiger partial charge in [0.15, 0.2) is 0 Å². The predicted molar refractivity (Wildman–Crippen MR) is 130 cm³/mol. The number of fused-ring (bicyclic) bond motifs is 4. The van der Waals surface area contributed by atoms with Gasteiger partial charge in [0, 0.05) is 33.1 Å². The van der Waals surface area contributed by atoms with E-state index in [2.05, 4.69) is 102 Å². The number of para-hydroxylation sites is 2. The Morgan fingerprint density at radius 1 is 0.806 bits per heavy atom. The van der Waals surface area contributed by atoms with Gasteiger partial charge in [-0.25, -0.2) is 4.98 Å². The van der Waals surface area contributed by atoms with E-state index in [0.29, 0.717) is 0 Å². The molecule has 150 valence electrons. The van der Waals surface area contributed by atoms with E-state index in [4.69, 9.17) is 4.98 Å². The van der Waals surface area contributed by atoms with Crippen LogP contribution in [-0.2, 0) is 6.42 Å². The first-order valence-electron chi connectivity index (χ1n) is 10.8. The zero-order valence-corrected chi connectivity index (χ0v) is 17.7. The van der Waals surface area contributed by atoms with Crippen LogP contribution in [-0.4, -0.2) is 14.5 Å². The topological polar surface area (TPSA) is 33.6 Å². The van der Waals surface area contributed by atoms with Crippen molar-refractivity contribution in [2.24, 2.45) is 0 Å². The number of rotatable bonds is 3. The molecule has 0 fully saturated rings. The number of aromatic amines is 1. The van der Waals surface area contributed by atoms with E-state index in [9.17, 15) is 0 Å². The van der Waals surface area contributed by atoms with E-state index < -0.39 is 0 Å². The number of aromatic nitrogens is 3. The predicted octanol–water partition coefficient (Wildman–Crippen LogP) is 7.20. The van der Waals surface area contributed by atoms with Gasteiger partial charge in [0.25, 0.3) is 0 Å². The fourth-order valence-corrected chi connectivity index (χ4v) is 4.48. The molecule has 0 saturated heterocycles. The van der Waals surface area contributed by atoms with Gasteiger partial charge in [0.05, 0.1) is 11.0 Å². The summed E-state index contributed by atoms with van der Waals surface area (Å²) in [6.45, 7) is 4.32. The average molecular weight is 402 g/mol. The highest BCUT2D eigenvalue weighted by molar-refractivity contribution is 6.08. The maximum atomic E-state index is 5.04. The minimum absolute atomic E-state index is 0.966. The van der Waals surface area contributed by atoms with Crippen molar-refractivity contribution >= 4 is 32.8 Å². The van der Waals surface area contributed by atoms with Crippen LogP contribution in [0.5, 0.6) is 0 Å². The summed E-state index contributed by atoms with van der Waals surface area (Å²) in [6, 6.07) is 30.3. The Balaban J connectivity index is 1.63. The Hall–Kier alpha value is -3.85. The molecule has 31 heavy (non-hydrogen) atoms. The molecule has 0 spiro atoms. The van der Waals surface area contributed by atoms with Crippen LogP contribution in [0.25, 0.3) is 49.9 Å². The fraction of sp³-hybridized carbons (Fsp3) is 0.107. The molecule has 0 saturated carbocycles. The van der Waals surface area contributed by atoms with Crippen LogP contribution in [0.4, 0.5) is 0 Å². The zero-order chi connectivity index (χ0) is 20.9. The number of hydrogen-bond acceptors (Lipinski definition) is 1. The summed E-state index contributed by atoms with van der Waals surface area (Å²) >= 11 is 0. The maximum absolute atomic E-state index is 5.04. The average Bonchev–Trinajstić information content (AvgIpc) is 3.37. The largest absolute Gasteiger partial charge is 0.355 e. The van der Waals surface area contributed by atoms with Crippen LogP contribution < -0.4 is 0 Å². The monoisotopic (exact) mass is 401 g/mol. The molecule has 1 N–H and O–H groups in total. The highest BCUT2D eigenvalue weighted by Gasteiger charge is 2.15. The molecule has 2 aromatic heterocycles. The molecule has 0 amide bonds. The molecule has 4 aromatic carbocycles. The van der Waals surface area contributed by atoms with E-state index in [1.54, 1.807) is 0 Å². The molecular weight excluding hydrogens is 378 g/mol. The van der Waals surface area contributed by atoms with E-state index in [-0.39, 0.29) is 0 Å². The quantitative estimate of drug-likeness (QED) is 0.334. The van der Waals surface area contributed by atoms with Gasteiger partial charge in [-0.05, 0) is 73.5 Å². The molecule has 3 heteroatoms. The second-order valence-corrected chi connectivity index (χ2v) is 8.21. The van der Waals surface area contributed by atoms with Gasteiger partial charge in [-0.15, -0.1) is 0 Å². The summed E-state index contributed by atoms with van der Waals surface area (Å²) in [5.41, 5.74) is 9.31. The lowest BCUT2D eigenvalue weighted by Crippen LogP contribution is -1.97. The van der Waals surface area contributed by atoms with Gasteiger partial charge in [-0.3, -0.25) is 4.57 Å². The molecule has 0 bridgehead atoms. The number of aryl methyl sites for hydroxylation is 2. The molecule has 0 aliphatic heterocycles. The zero-order valence-electron chi connectivity index (χ0n) is 17.7. The number of hydrogen-bond donors (Lipinski definition) is 1. The molecule has 6 aromatic rings. The lowest BCUT2D eigenvalue weighted by molar-refractivity contribution is 1.10. The number of nitrogens with one attached hydrogen (secondary N) is 1.